The first-order valence-corrected chi connectivity index (χ1v) is 15.3. The highest BCUT2D eigenvalue weighted by molar-refractivity contribution is 5.98. The number of carboxylic acid groups (broad SMARTS) is 3. The first-order chi connectivity index (χ1) is 21.7. The van der Waals surface area contributed by atoms with Gasteiger partial charge in [-0.2, -0.15) is 13.2 Å². The molecule has 10 nitrogen and oxygen atoms in total. The van der Waals surface area contributed by atoms with Crippen LogP contribution in [-0.2, 0) is 45.0 Å². The van der Waals surface area contributed by atoms with Crippen LogP contribution in [0.1, 0.15) is 91.7 Å². The van der Waals surface area contributed by atoms with Gasteiger partial charge in [-0.1, -0.05) is 55.6 Å². The number of aryl methyl sites for hydroxylation is 1. The van der Waals surface area contributed by atoms with Gasteiger partial charge in [0.1, 0.15) is 6.61 Å². The molecule has 252 valence electrons. The third-order valence-electron chi connectivity index (χ3n) is 8.26. The molecule has 1 saturated heterocycles. The van der Waals surface area contributed by atoms with Crippen LogP contribution in [-0.4, -0.2) is 68.1 Å². The van der Waals surface area contributed by atoms with Gasteiger partial charge in [-0.05, 0) is 72.1 Å². The number of hydrogen-bond acceptors (Lipinski definition) is 7. The molecular weight excluding hydrogens is 609 g/mol. The Kier molecular flexibility index (Phi) is 13.1. The standard InChI is InChI=1S/C29H35F3N2O3.C4H6O5/c1-3-21-14-23(10-11-24(21)15-34-16-25(17-34)28(35)36)19(2)33-37-18-20-9-12-26(22-7-5-4-6-8-22)27(13-20)29(30,31)32;5-2(4(8)9)1-3(6)7/h9-14,22,25H,3-8,15-18H2,1-2H3,(H,35,36);2,5H,1H2,(H,6,7)(H,8,9)/b33-19+;. The van der Waals surface area contributed by atoms with Crippen LogP contribution < -0.4 is 0 Å². The van der Waals surface area contributed by atoms with Gasteiger partial charge in [0.15, 0.2) is 6.10 Å². The fraction of sp³-hybridized carbons (Fsp3) is 0.515. The van der Waals surface area contributed by atoms with Crippen molar-refractivity contribution in [2.45, 2.75) is 90.1 Å². The molecule has 1 aliphatic heterocycles. The van der Waals surface area contributed by atoms with Crippen LogP contribution in [0.15, 0.2) is 41.6 Å². The second kappa shape index (κ2) is 16.5. The molecule has 1 saturated carbocycles. The number of aliphatic hydroxyl groups is 1. The highest BCUT2D eigenvalue weighted by Crippen LogP contribution is 2.41. The molecule has 0 aromatic heterocycles. The van der Waals surface area contributed by atoms with E-state index in [1.54, 1.807) is 12.1 Å². The normalized spacial score (nSPS) is 17.0. The van der Waals surface area contributed by atoms with Crippen LogP contribution in [0.5, 0.6) is 0 Å². The van der Waals surface area contributed by atoms with Crippen LogP contribution in [0.4, 0.5) is 13.2 Å². The van der Waals surface area contributed by atoms with Gasteiger partial charge >= 0.3 is 24.1 Å². The van der Waals surface area contributed by atoms with Crippen molar-refractivity contribution in [3.8, 4) is 0 Å². The van der Waals surface area contributed by atoms with E-state index in [0.717, 1.165) is 55.2 Å². The van der Waals surface area contributed by atoms with E-state index in [4.69, 9.17) is 25.3 Å². The number of carbonyl (C=O) groups is 3. The number of aliphatic carboxylic acids is 3. The van der Waals surface area contributed by atoms with E-state index in [1.165, 1.54) is 6.07 Å². The van der Waals surface area contributed by atoms with Gasteiger partial charge in [-0.3, -0.25) is 14.5 Å². The molecule has 4 rings (SSSR count). The Hall–Kier alpha value is -3.97. The lowest BCUT2D eigenvalue weighted by molar-refractivity contribution is -0.152. The summed E-state index contributed by atoms with van der Waals surface area (Å²) in [5.74, 6) is -3.91. The van der Waals surface area contributed by atoms with Crippen molar-refractivity contribution in [1.29, 1.82) is 0 Å². The maximum atomic E-state index is 13.8. The predicted molar refractivity (Wildman–Crippen MR) is 162 cm³/mol. The molecule has 2 aliphatic rings. The van der Waals surface area contributed by atoms with Gasteiger partial charge in [0.2, 0.25) is 0 Å². The third kappa shape index (κ3) is 10.5. The van der Waals surface area contributed by atoms with Crippen molar-refractivity contribution in [2.75, 3.05) is 13.1 Å². The van der Waals surface area contributed by atoms with E-state index < -0.39 is 42.2 Å². The van der Waals surface area contributed by atoms with Gasteiger partial charge in [0.25, 0.3) is 0 Å². The zero-order valence-electron chi connectivity index (χ0n) is 25.9. The zero-order valence-corrected chi connectivity index (χ0v) is 25.9. The van der Waals surface area contributed by atoms with Crippen molar-refractivity contribution >= 4 is 23.6 Å². The number of hydrogen-bond donors (Lipinski definition) is 4. The van der Waals surface area contributed by atoms with Crippen LogP contribution in [0.25, 0.3) is 0 Å². The molecule has 2 fully saturated rings. The van der Waals surface area contributed by atoms with Crippen LogP contribution in [0.2, 0.25) is 0 Å². The zero-order chi connectivity index (χ0) is 34.0. The SMILES string of the molecule is CCc1cc(/C(C)=N/OCc2ccc(C3CCCCC3)c(C(F)(F)F)c2)ccc1CN1CC(C(=O)O)C1.O=C(O)CC(O)C(=O)O. The minimum absolute atomic E-state index is 0.0315. The summed E-state index contributed by atoms with van der Waals surface area (Å²) in [6.07, 6.45) is -1.46. The minimum atomic E-state index is -4.40. The number of alkyl halides is 3. The Balaban J connectivity index is 0.000000559. The Labute approximate surface area is 265 Å². The molecule has 1 aliphatic carbocycles. The van der Waals surface area contributed by atoms with E-state index in [9.17, 15) is 27.6 Å². The molecule has 2 aromatic rings. The maximum absolute atomic E-state index is 13.8. The number of carboxylic acids is 3. The molecule has 4 N–H and O–H groups in total. The lowest BCUT2D eigenvalue weighted by Gasteiger charge is -2.37. The summed E-state index contributed by atoms with van der Waals surface area (Å²) in [4.78, 5) is 38.0. The van der Waals surface area contributed by atoms with Crippen molar-refractivity contribution in [1.82, 2.24) is 4.90 Å². The molecule has 1 unspecified atom stereocenters. The van der Waals surface area contributed by atoms with Crippen LogP contribution in [0.3, 0.4) is 0 Å². The minimum Gasteiger partial charge on any atom is -0.481 e. The van der Waals surface area contributed by atoms with Gasteiger partial charge < -0.3 is 25.3 Å². The smallest absolute Gasteiger partial charge is 0.416 e. The van der Waals surface area contributed by atoms with Gasteiger partial charge in [-0.25, -0.2) is 4.79 Å². The van der Waals surface area contributed by atoms with Crippen molar-refractivity contribution in [3.63, 3.8) is 0 Å². The number of halogens is 3. The predicted octanol–water partition coefficient (Wildman–Crippen LogP) is 5.68. The Morgan fingerprint density at radius 3 is 2.22 bits per heavy atom. The van der Waals surface area contributed by atoms with Crippen molar-refractivity contribution in [2.24, 2.45) is 11.1 Å². The molecular formula is C33H41F3N2O8. The summed E-state index contributed by atoms with van der Waals surface area (Å²) in [5, 5.41) is 37.4. The largest absolute Gasteiger partial charge is 0.481 e. The first-order valence-electron chi connectivity index (χ1n) is 15.3. The number of nitrogens with zero attached hydrogens (tertiary/aromatic N) is 2. The highest BCUT2D eigenvalue weighted by Gasteiger charge is 2.36. The fourth-order valence-electron chi connectivity index (χ4n) is 5.65. The molecule has 0 radical (unpaired) electrons. The summed E-state index contributed by atoms with van der Waals surface area (Å²) in [5.41, 5.74) is 4.13. The van der Waals surface area contributed by atoms with Crippen molar-refractivity contribution < 1.29 is 52.8 Å². The van der Waals surface area contributed by atoms with Gasteiger partial charge in [0, 0.05) is 19.6 Å². The topological polar surface area (TPSA) is 157 Å². The molecule has 0 bridgehead atoms. The summed E-state index contributed by atoms with van der Waals surface area (Å²) in [6, 6.07) is 10.6. The quantitative estimate of drug-likeness (QED) is 0.168. The molecule has 13 heteroatoms. The molecule has 46 heavy (non-hydrogen) atoms. The maximum Gasteiger partial charge on any atom is 0.416 e. The van der Waals surface area contributed by atoms with Gasteiger partial charge in [-0.15, -0.1) is 0 Å². The van der Waals surface area contributed by atoms with Crippen LogP contribution >= 0.6 is 0 Å². The molecule has 2 aromatic carbocycles. The Morgan fingerprint density at radius 1 is 1.00 bits per heavy atom. The molecule has 1 heterocycles. The number of oxime groups is 1. The van der Waals surface area contributed by atoms with E-state index in [0.29, 0.717) is 36.5 Å². The lowest BCUT2D eigenvalue weighted by Crippen LogP contribution is -2.49. The van der Waals surface area contributed by atoms with E-state index in [2.05, 4.69) is 17.0 Å². The fourth-order valence-corrected chi connectivity index (χ4v) is 5.65. The van der Waals surface area contributed by atoms with E-state index >= 15 is 0 Å². The molecule has 0 spiro atoms. The average Bonchev–Trinajstić information content (AvgIpc) is 2.98. The summed E-state index contributed by atoms with van der Waals surface area (Å²) >= 11 is 0. The first kappa shape index (κ1) is 36.5. The second-order valence-electron chi connectivity index (χ2n) is 11.7. The van der Waals surface area contributed by atoms with E-state index in [-0.39, 0.29) is 18.4 Å². The number of rotatable bonds is 12. The number of aliphatic hydroxyl groups excluding tert-OH is 1. The Morgan fingerprint density at radius 2 is 1.67 bits per heavy atom. The number of benzene rings is 2. The molecule has 1 atom stereocenters. The summed E-state index contributed by atoms with van der Waals surface area (Å²) < 4.78 is 41.5. The average molecular weight is 651 g/mol. The summed E-state index contributed by atoms with van der Waals surface area (Å²) in [6.45, 7) is 5.67. The van der Waals surface area contributed by atoms with Crippen molar-refractivity contribution in [3.05, 3.63) is 69.8 Å². The highest BCUT2D eigenvalue weighted by atomic mass is 19.4. The monoisotopic (exact) mass is 650 g/mol. The summed E-state index contributed by atoms with van der Waals surface area (Å²) in [7, 11) is 0. The lowest BCUT2D eigenvalue weighted by atomic mass is 9.81. The van der Waals surface area contributed by atoms with Gasteiger partial charge in [0.05, 0.1) is 23.6 Å². The van der Waals surface area contributed by atoms with E-state index in [1.807, 2.05) is 25.1 Å². The molecule has 0 amide bonds. The third-order valence-corrected chi connectivity index (χ3v) is 8.26. The van der Waals surface area contributed by atoms with Crippen LogP contribution in [0, 0.1) is 5.92 Å². The number of likely N-dealkylation sites (tertiary alicyclic amines) is 1. The Bertz CT molecular complexity index is 1400. The second-order valence-corrected chi connectivity index (χ2v) is 11.7.